The number of aryl methyl sites for hydroxylation is 1. The van der Waals surface area contributed by atoms with Gasteiger partial charge in [-0.3, -0.25) is 24.1 Å². The summed E-state index contributed by atoms with van der Waals surface area (Å²) < 4.78 is 0. The fourth-order valence-corrected chi connectivity index (χ4v) is 4.38. The van der Waals surface area contributed by atoms with Gasteiger partial charge in [0.1, 0.15) is 6.04 Å². The number of hydrogen-bond acceptors (Lipinski definition) is 5. The first-order valence-electron chi connectivity index (χ1n) is 12.4. The molecule has 9 heteroatoms. The van der Waals surface area contributed by atoms with Crippen LogP contribution in [0.25, 0.3) is 0 Å². The highest BCUT2D eigenvalue weighted by Gasteiger charge is 2.35. The van der Waals surface area contributed by atoms with Crippen molar-refractivity contribution in [3.05, 3.63) is 82.0 Å². The van der Waals surface area contributed by atoms with E-state index in [-0.39, 0.29) is 24.3 Å². The summed E-state index contributed by atoms with van der Waals surface area (Å²) in [4.78, 5) is 53.5. The van der Waals surface area contributed by atoms with E-state index in [0.29, 0.717) is 28.2 Å². The van der Waals surface area contributed by atoms with Gasteiger partial charge in [-0.2, -0.15) is 0 Å². The summed E-state index contributed by atoms with van der Waals surface area (Å²) in [7, 11) is 0. The lowest BCUT2D eigenvalue weighted by Crippen LogP contribution is -2.52. The molecule has 0 fully saturated rings. The monoisotopic (exact) mass is 534 g/mol. The third-order valence-corrected chi connectivity index (χ3v) is 6.99. The van der Waals surface area contributed by atoms with Crippen LogP contribution in [0, 0.1) is 6.92 Å². The van der Waals surface area contributed by atoms with Gasteiger partial charge in [0, 0.05) is 23.8 Å². The molecule has 0 aliphatic heterocycles. The van der Waals surface area contributed by atoms with Gasteiger partial charge in [0.2, 0.25) is 17.7 Å². The summed E-state index contributed by atoms with van der Waals surface area (Å²) in [6.45, 7) is 8.87. The molecule has 200 valence electrons. The van der Waals surface area contributed by atoms with Crippen LogP contribution in [0.2, 0.25) is 0 Å². The molecule has 2 aromatic carbocycles. The lowest BCUT2D eigenvalue weighted by Gasteiger charge is -2.34. The normalized spacial score (nSPS) is 11.8. The van der Waals surface area contributed by atoms with Gasteiger partial charge in [-0.1, -0.05) is 42.8 Å². The number of carbonyl (C=O) groups is 4. The number of hydrogen-bond donors (Lipinski definition) is 3. The predicted octanol–water partition coefficient (Wildman–Crippen LogP) is 4.82. The lowest BCUT2D eigenvalue weighted by atomic mass is 9.97. The Morgan fingerprint density at radius 2 is 1.63 bits per heavy atom. The van der Waals surface area contributed by atoms with Gasteiger partial charge < -0.3 is 16.0 Å². The Morgan fingerprint density at radius 3 is 2.18 bits per heavy atom. The number of amides is 4. The number of benzene rings is 2. The molecular weight excluding hydrogens is 500 g/mol. The summed E-state index contributed by atoms with van der Waals surface area (Å²) in [5.74, 6) is -1.39. The highest BCUT2D eigenvalue weighted by molar-refractivity contribution is 7.12. The van der Waals surface area contributed by atoms with Crippen LogP contribution in [0.1, 0.15) is 61.0 Å². The first kappa shape index (κ1) is 28.6. The van der Waals surface area contributed by atoms with Crippen LogP contribution in [-0.4, -0.2) is 35.7 Å². The van der Waals surface area contributed by atoms with Crippen molar-refractivity contribution in [2.24, 2.45) is 0 Å². The zero-order valence-electron chi connectivity index (χ0n) is 22.3. The van der Waals surface area contributed by atoms with Crippen LogP contribution >= 0.6 is 11.3 Å². The molecule has 0 aliphatic rings. The zero-order chi connectivity index (χ0) is 27.9. The molecule has 38 heavy (non-hydrogen) atoms. The molecule has 0 bridgehead atoms. The predicted molar refractivity (Wildman–Crippen MR) is 151 cm³/mol. The molecule has 8 nitrogen and oxygen atoms in total. The first-order chi connectivity index (χ1) is 18.0. The fourth-order valence-electron chi connectivity index (χ4n) is 3.74. The van der Waals surface area contributed by atoms with E-state index in [1.165, 1.54) is 23.2 Å². The molecule has 0 aliphatic carbocycles. The molecule has 0 saturated heterocycles. The molecular formula is C29H34N4O4S. The topological polar surface area (TPSA) is 108 Å². The van der Waals surface area contributed by atoms with Crippen LogP contribution in [-0.2, 0) is 14.4 Å². The number of nitrogens with zero attached hydrogens (tertiary/aromatic N) is 1. The van der Waals surface area contributed by atoms with Gasteiger partial charge in [0.25, 0.3) is 5.91 Å². The van der Waals surface area contributed by atoms with E-state index in [0.717, 1.165) is 5.56 Å². The summed E-state index contributed by atoms with van der Waals surface area (Å²) in [5, 5.41) is 10.2. The van der Waals surface area contributed by atoms with E-state index in [1.807, 2.05) is 52.0 Å². The molecule has 0 spiro atoms. The van der Waals surface area contributed by atoms with Crippen molar-refractivity contribution in [2.75, 3.05) is 16.8 Å². The van der Waals surface area contributed by atoms with E-state index in [1.54, 1.807) is 41.8 Å². The van der Waals surface area contributed by atoms with Gasteiger partial charge in [0.05, 0.1) is 11.4 Å². The van der Waals surface area contributed by atoms with Crippen molar-refractivity contribution in [2.45, 2.75) is 52.6 Å². The molecule has 0 radical (unpaired) electrons. The largest absolute Gasteiger partial charge is 0.349 e. The number of anilines is 2. The second-order valence-corrected chi connectivity index (χ2v) is 10.6. The summed E-state index contributed by atoms with van der Waals surface area (Å²) in [6, 6.07) is 16.6. The molecule has 1 aromatic heterocycles. The standard InChI is InChI=1S/C29H34N4O4S/c1-6-29(4,5)32-28(37)26(21-11-9-19(2)10-12-21)33(23-15-13-22(14-16-23)31-20(3)34)25(35)18-30-27(36)24-8-7-17-38-24/h7-17,26H,6,18H2,1-5H3,(H,30,36)(H,31,34)(H,32,37)/t26-/m1/s1. The van der Waals surface area contributed by atoms with E-state index in [9.17, 15) is 19.2 Å². The molecule has 4 amide bonds. The van der Waals surface area contributed by atoms with E-state index in [2.05, 4.69) is 16.0 Å². The third-order valence-electron chi connectivity index (χ3n) is 6.12. The Balaban J connectivity index is 2.04. The van der Waals surface area contributed by atoms with Crippen LogP contribution in [0.5, 0.6) is 0 Å². The zero-order valence-corrected chi connectivity index (χ0v) is 23.1. The third kappa shape index (κ3) is 7.52. The van der Waals surface area contributed by atoms with Gasteiger partial charge in [0.15, 0.2) is 0 Å². The maximum atomic E-state index is 13.8. The lowest BCUT2D eigenvalue weighted by molar-refractivity contribution is -0.127. The minimum absolute atomic E-state index is 0.222. The molecule has 3 rings (SSSR count). The molecule has 3 N–H and O–H groups in total. The fraction of sp³-hybridized carbons (Fsp3) is 0.310. The summed E-state index contributed by atoms with van der Waals surface area (Å²) in [6.07, 6.45) is 0.690. The molecule has 1 atom stereocenters. The van der Waals surface area contributed by atoms with Gasteiger partial charge >= 0.3 is 0 Å². The van der Waals surface area contributed by atoms with Crippen LogP contribution in [0.3, 0.4) is 0 Å². The number of nitrogens with one attached hydrogen (secondary N) is 3. The van der Waals surface area contributed by atoms with E-state index >= 15 is 0 Å². The molecule has 3 aromatic rings. The number of rotatable bonds is 10. The number of thiophene rings is 1. The SMILES string of the molecule is CCC(C)(C)NC(=O)[C@@H](c1ccc(C)cc1)N(C(=O)CNC(=O)c1cccs1)c1ccc(NC(C)=O)cc1. The second-order valence-electron chi connectivity index (χ2n) is 9.69. The van der Waals surface area contributed by atoms with Crippen molar-refractivity contribution >= 4 is 46.3 Å². The smallest absolute Gasteiger partial charge is 0.261 e. The average Bonchev–Trinajstić information content (AvgIpc) is 3.41. The van der Waals surface area contributed by atoms with Crippen molar-refractivity contribution in [3.63, 3.8) is 0 Å². The van der Waals surface area contributed by atoms with Crippen molar-refractivity contribution < 1.29 is 19.2 Å². The maximum absolute atomic E-state index is 13.8. The van der Waals surface area contributed by atoms with Crippen LogP contribution in [0.15, 0.2) is 66.0 Å². The minimum Gasteiger partial charge on any atom is -0.349 e. The van der Waals surface area contributed by atoms with Crippen molar-refractivity contribution in [1.82, 2.24) is 10.6 Å². The van der Waals surface area contributed by atoms with Gasteiger partial charge in [-0.25, -0.2) is 0 Å². The highest BCUT2D eigenvalue weighted by Crippen LogP contribution is 2.30. The molecule has 1 heterocycles. The van der Waals surface area contributed by atoms with Gasteiger partial charge in [-0.15, -0.1) is 11.3 Å². The van der Waals surface area contributed by atoms with Gasteiger partial charge in [-0.05, 0) is 68.5 Å². The Bertz CT molecular complexity index is 1270. The van der Waals surface area contributed by atoms with Crippen molar-refractivity contribution in [3.8, 4) is 0 Å². The quantitative estimate of drug-likeness (QED) is 0.346. The number of carbonyl (C=O) groups excluding carboxylic acids is 4. The molecule has 0 unspecified atom stereocenters. The first-order valence-corrected chi connectivity index (χ1v) is 13.3. The Kier molecular flexibility index (Phi) is 9.41. The van der Waals surface area contributed by atoms with E-state index < -0.39 is 17.5 Å². The van der Waals surface area contributed by atoms with Crippen molar-refractivity contribution in [1.29, 1.82) is 0 Å². The maximum Gasteiger partial charge on any atom is 0.261 e. The van der Waals surface area contributed by atoms with Crippen LogP contribution in [0.4, 0.5) is 11.4 Å². The summed E-state index contributed by atoms with van der Waals surface area (Å²) in [5.41, 5.74) is 2.15. The second kappa shape index (κ2) is 12.5. The molecule has 0 saturated carbocycles. The average molecular weight is 535 g/mol. The summed E-state index contributed by atoms with van der Waals surface area (Å²) >= 11 is 1.28. The van der Waals surface area contributed by atoms with E-state index in [4.69, 9.17) is 0 Å². The van der Waals surface area contributed by atoms with Crippen LogP contribution < -0.4 is 20.9 Å². The Hall–Kier alpha value is -3.98. The highest BCUT2D eigenvalue weighted by atomic mass is 32.1. The Morgan fingerprint density at radius 1 is 0.974 bits per heavy atom. The Labute approximate surface area is 227 Å². The minimum atomic E-state index is -1.00.